The number of carbonyl (C=O) groups is 2. The number of benzene rings is 1. The first kappa shape index (κ1) is 19.3. The Morgan fingerprint density at radius 2 is 2.17 bits per heavy atom. The molecule has 0 bridgehead atoms. The Balaban J connectivity index is 1.67. The van der Waals surface area contributed by atoms with E-state index in [0.29, 0.717) is 12.4 Å². The second-order valence-corrected chi connectivity index (χ2v) is 7.51. The summed E-state index contributed by atoms with van der Waals surface area (Å²) in [4.78, 5) is 30.8. The molecule has 0 saturated carbocycles. The maximum Gasteiger partial charge on any atom is 0.374 e. The molecule has 1 amide bonds. The molecule has 3 heterocycles. The van der Waals surface area contributed by atoms with Gasteiger partial charge in [-0.1, -0.05) is 24.0 Å². The Morgan fingerprint density at radius 3 is 2.93 bits per heavy atom. The van der Waals surface area contributed by atoms with Gasteiger partial charge in [-0.05, 0) is 44.7 Å². The molecule has 0 spiro atoms. The van der Waals surface area contributed by atoms with Crippen LogP contribution in [0.25, 0.3) is 11.3 Å². The van der Waals surface area contributed by atoms with Crippen LogP contribution in [0.2, 0.25) is 0 Å². The van der Waals surface area contributed by atoms with E-state index < -0.39 is 0 Å². The molecule has 1 unspecified atom stereocenters. The van der Waals surface area contributed by atoms with E-state index in [0.717, 1.165) is 61.3 Å². The lowest BCUT2D eigenvalue weighted by Gasteiger charge is -2.16. The van der Waals surface area contributed by atoms with Gasteiger partial charge in [0.05, 0.1) is 12.3 Å². The lowest BCUT2D eigenvalue weighted by atomic mass is 10.0. The van der Waals surface area contributed by atoms with Gasteiger partial charge < -0.3 is 14.2 Å². The van der Waals surface area contributed by atoms with Crippen LogP contribution in [0.5, 0.6) is 0 Å². The highest BCUT2D eigenvalue weighted by atomic mass is 16.5. The quantitative estimate of drug-likeness (QED) is 0.596. The zero-order chi connectivity index (χ0) is 20.4. The fourth-order valence-corrected chi connectivity index (χ4v) is 4.00. The van der Waals surface area contributed by atoms with Crippen LogP contribution in [0.15, 0.2) is 24.3 Å². The molecule has 6 nitrogen and oxygen atoms in total. The van der Waals surface area contributed by atoms with E-state index in [2.05, 4.69) is 16.8 Å². The highest BCUT2D eigenvalue weighted by Gasteiger charge is 2.27. The smallest absolute Gasteiger partial charge is 0.374 e. The van der Waals surface area contributed by atoms with Crippen LogP contribution in [0.4, 0.5) is 0 Å². The largest absolute Gasteiger partial charge is 0.460 e. The number of likely N-dealkylation sites (tertiary alicyclic amines) is 1. The number of ether oxygens (including phenoxy) is 1. The van der Waals surface area contributed by atoms with E-state index in [4.69, 9.17) is 4.74 Å². The van der Waals surface area contributed by atoms with Gasteiger partial charge in [-0.25, -0.2) is 9.78 Å². The Labute approximate surface area is 170 Å². The summed E-state index contributed by atoms with van der Waals surface area (Å²) in [5.41, 5.74) is 3.69. The predicted molar refractivity (Wildman–Crippen MR) is 109 cm³/mol. The number of nitrogens with zero attached hydrogens (tertiary/aromatic N) is 3. The number of fused-ring (bicyclic) bond motifs is 1. The summed E-state index contributed by atoms with van der Waals surface area (Å²) >= 11 is 0. The molecule has 2 aromatic rings. The van der Waals surface area contributed by atoms with Crippen LogP contribution in [-0.2, 0) is 22.5 Å². The van der Waals surface area contributed by atoms with Crippen molar-refractivity contribution in [3.05, 3.63) is 41.3 Å². The fourth-order valence-electron chi connectivity index (χ4n) is 4.00. The van der Waals surface area contributed by atoms with Gasteiger partial charge in [-0.15, -0.1) is 0 Å². The van der Waals surface area contributed by atoms with Gasteiger partial charge in [0.25, 0.3) is 0 Å². The minimum atomic E-state index is -0.373. The molecule has 150 valence electrons. The average Bonchev–Trinajstić information content (AvgIpc) is 3.28. The summed E-state index contributed by atoms with van der Waals surface area (Å²) in [6, 6.07) is 7.87. The van der Waals surface area contributed by atoms with Crippen LogP contribution < -0.4 is 0 Å². The summed E-state index contributed by atoms with van der Waals surface area (Å²) < 4.78 is 7.20. The average molecular weight is 391 g/mol. The van der Waals surface area contributed by atoms with Gasteiger partial charge in [0, 0.05) is 37.0 Å². The number of imidazole rings is 1. The second kappa shape index (κ2) is 8.12. The number of esters is 1. The van der Waals surface area contributed by atoms with Crippen molar-refractivity contribution in [3.8, 4) is 23.1 Å². The maximum absolute atomic E-state index is 12.4. The molecule has 2 aliphatic heterocycles. The number of hydrogen-bond donors (Lipinski definition) is 0. The van der Waals surface area contributed by atoms with E-state index in [1.807, 2.05) is 35.9 Å². The van der Waals surface area contributed by atoms with Crippen molar-refractivity contribution in [2.45, 2.75) is 39.2 Å². The van der Waals surface area contributed by atoms with Gasteiger partial charge in [0.15, 0.2) is 0 Å². The Morgan fingerprint density at radius 1 is 1.31 bits per heavy atom. The molecule has 6 heteroatoms. The zero-order valence-electron chi connectivity index (χ0n) is 16.9. The van der Waals surface area contributed by atoms with Gasteiger partial charge in [-0.2, -0.15) is 0 Å². The highest BCUT2D eigenvalue weighted by molar-refractivity contribution is 5.87. The SMILES string of the molecule is CCOC(=O)c1nc(-c2cccc(C#CC3CCN(C)C3=O)c2)c2n1CCCC2. The summed E-state index contributed by atoms with van der Waals surface area (Å²) in [7, 11) is 1.81. The van der Waals surface area contributed by atoms with Gasteiger partial charge >= 0.3 is 5.97 Å². The van der Waals surface area contributed by atoms with E-state index in [1.54, 1.807) is 11.8 Å². The molecule has 29 heavy (non-hydrogen) atoms. The molecule has 2 aliphatic rings. The number of rotatable bonds is 3. The summed E-state index contributed by atoms with van der Waals surface area (Å²) in [5.74, 6) is 6.15. The molecule has 1 fully saturated rings. The zero-order valence-corrected chi connectivity index (χ0v) is 16.9. The third-order valence-electron chi connectivity index (χ3n) is 5.53. The van der Waals surface area contributed by atoms with Gasteiger partial charge in [-0.3, -0.25) is 4.79 Å². The molecule has 1 atom stereocenters. The Kier molecular flexibility index (Phi) is 5.39. The predicted octanol–water partition coefficient (Wildman–Crippen LogP) is 2.89. The normalized spacial score (nSPS) is 18.2. The van der Waals surface area contributed by atoms with Crippen molar-refractivity contribution < 1.29 is 14.3 Å². The van der Waals surface area contributed by atoms with E-state index in [9.17, 15) is 9.59 Å². The maximum atomic E-state index is 12.4. The van der Waals surface area contributed by atoms with Crippen LogP contribution in [-0.4, -0.2) is 46.5 Å². The van der Waals surface area contributed by atoms with Crippen molar-refractivity contribution in [3.63, 3.8) is 0 Å². The molecule has 4 rings (SSSR count). The standard InChI is InChI=1S/C23H25N3O3/c1-3-29-23(28)21-24-20(19-9-4-5-13-26(19)21)18-8-6-7-16(15-18)10-11-17-12-14-25(2)22(17)27/h6-8,15,17H,3-5,9,12-14H2,1-2H3. The molecule has 1 saturated heterocycles. The summed E-state index contributed by atoms with van der Waals surface area (Å²) in [5, 5.41) is 0. The van der Waals surface area contributed by atoms with E-state index >= 15 is 0 Å². The van der Waals surface area contributed by atoms with Gasteiger partial charge in [0.2, 0.25) is 11.7 Å². The van der Waals surface area contributed by atoms with Crippen LogP contribution >= 0.6 is 0 Å². The lowest BCUT2D eigenvalue weighted by molar-refractivity contribution is -0.128. The van der Waals surface area contributed by atoms with Crippen LogP contribution in [0.3, 0.4) is 0 Å². The molecule has 0 radical (unpaired) electrons. The first-order valence-corrected chi connectivity index (χ1v) is 10.2. The van der Waals surface area contributed by atoms with Gasteiger partial charge in [0.1, 0.15) is 5.92 Å². The van der Waals surface area contributed by atoms with Crippen molar-refractivity contribution in [1.82, 2.24) is 14.5 Å². The van der Waals surface area contributed by atoms with E-state index in [-0.39, 0.29) is 17.8 Å². The fraction of sp³-hybridized carbons (Fsp3) is 0.435. The minimum absolute atomic E-state index is 0.0934. The third-order valence-corrected chi connectivity index (χ3v) is 5.53. The number of aromatic nitrogens is 2. The first-order chi connectivity index (χ1) is 14.1. The van der Waals surface area contributed by atoms with Crippen molar-refractivity contribution >= 4 is 11.9 Å². The van der Waals surface area contributed by atoms with Crippen molar-refractivity contribution in [1.29, 1.82) is 0 Å². The summed E-state index contributed by atoms with van der Waals surface area (Å²) in [6.45, 7) is 3.67. The minimum Gasteiger partial charge on any atom is -0.460 e. The Hall–Kier alpha value is -3.07. The van der Waals surface area contributed by atoms with E-state index in [1.165, 1.54) is 0 Å². The number of carbonyl (C=O) groups excluding carboxylic acids is 2. The van der Waals surface area contributed by atoms with Crippen molar-refractivity contribution in [2.24, 2.45) is 5.92 Å². The molecule has 1 aromatic heterocycles. The molecule has 1 aromatic carbocycles. The highest BCUT2D eigenvalue weighted by Crippen LogP contribution is 2.30. The molecule has 0 aliphatic carbocycles. The van der Waals surface area contributed by atoms with Crippen LogP contribution in [0, 0.1) is 17.8 Å². The number of amides is 1. The first-order valence-electron chi connectivity index (χ1n) is 10.2. The third kappa shape index (κ3) is 3.77. The number of hydrogen-bond acceptors (Lipinski definition) is 4. The Bertz CT molecular complexity index is 1010. The molecular weight excluding hydrogens is 366 g/mol. The molecular formula is C23H25N3O3. The molecule has 0 N–H and O–H groups in total. The van der Waals surface area contributed by atoms with Crippen molar-refractivity contribution in [2.75, 3.05) is 20.2 Å². The monoisotopic (exact) mass is 391 g/mol. The topological polar surface area (TPSA) is 64.4 Å². The van der Waals surface area contributed by atoms with Crippen LogP contribution in [0.1, 0.15) is 48.1 Å². The lowest BCUT2D eigenvalue weighted by Crippen LogP contribution is -2.21. The second-order valence-electron chi connectivity index (χ2n) is 7.51. The summed E-state index contributed by atoms with van der Waals surface area (Å²) in [6.07, 6.45) is 3.78.